The second-order valence-corrected chi connectivity index (χ2v) is 2.56. The molecule has 0 radical (unpaired) electrons. The minimum atomic E-state index is -1.41. The predicted octanol–water partition coefficient (Wildman–Crippen LogP) is 0.460. The van der Waals surface area contributed by atoms with Gasteiger partial charge in [0.05, 0.1) is 6.61 Å². The summed E-state index contributed by atoms with van der Waals surface area (Å²) in [6, 6.07) is 0. The van der Waals surface area contributed by atoms with Crippen molar-refractivity contribution in [2.45, 2.75) is 33.3 Å². The van der Waals surface area contributed by atoms with E-state index in [1.165, 1.54) is 0 Å². The summed E-state index contributed by atoms with van der Waals surface area (Å²) in [5.74, 6) is -1.95. The zero-order chi connectivity index (χ0) is 11.1. The summed E-state index contributed by atoms with van der Waals surface area (Å²) in [7, 11) is 0. The van der Waals surface area contributed by atoms with Crippen molar-refractivity contribution in [3.8, 4) is 0 Å². The zero-order valence-electron chi connectivity index (χ0n) is 8.53. The molecule has 0 bridgehead atoms. The predicted molar refractivity (Wildman–Crippen MR) is 47.5 cm³/mol. The van der Waals surface area contributed by atoms with Crippen molar-refractivity contribution in [1.29, 1.82) is 0 Å². The van der Waals surface area contributed by atoms with Gasteiger partial charge >= 0.3 is 11.9 Å². The van der Waals surface area contributed by atoms with Gasteiger partial charge in [0, 0.05) is 13.3 Å². The monoisotopic (exact) mass is 202 g/mol. The average molecular weight is 202 g/mol. The molecule has 5 nitrogen and oxygen atoms in total. The highest BCUT2D eigenvalue weighted by Gasteiger charge is 2.29. The van der Waals surface area contributed by atoms with Crippen LogP contribution in [0.15, 0.2) is 0 Å². The maximum atomic E-state index is 11.2. The largest absolute Gasteiger partial charge is 0.463 e. The first-order valence-electron chi connectivity index (χ1n) is 4.39. The van der Waals surface area contributed by atoms with Crippen LogP contribution in [-0.4, -0.2) is 30.4 Å². The second kappa shape index (κ2) is 6.12. The molecule has 0 saturated heterocycles. The third kappa shape index (κ3) is 4.02. The van der Waals surface area contributed by atoms with Crippen molar-refractivity contribution in [1.82, 2.24) is 0 Å². The maximum Gasteiger partial charge on any atom is 0.355 e. The van der Waals surface area contributed by atoms with Crippen LogP contribution in [0.5, 0.6) is 0 Å². The Morgan fingerprint density at radius 2 is 1.79 bits per heavy atom. The Labute approximate surface area is 82.4 Å². The maximum absolute atomic E-state index is 11.2. The van der Waals surface area contributed by atoms with Crippen LogP contribution in [0.1, 0.15) is 27.2 Å². The molecule has 0 fully saturated rings. The number of hydrogen-bond acceptors (Lipinski definition) is 5. The lowest BCUT2D eigenvalue weighted by Crippen LogP contribution is -2.35. The third-order valence-electron chi connectivity index (χ3n) is 1.43. The number of carbonyl (C=O) groups is 3. The molecule has 0 aliphatic carbocycles. The van der Waals surface area contributed by atoms with Gasteiger partial charge in [-0.15, -0.1) is 0 Å². The normalized spacial score (nSPS) is 11.6. The first-order chi connectivity index (χ1) is 6.52. The minimum absolute atomic E-state index is 0.122. The molecule has 0 heterocycles. The van der Waals surface area contributed by atoms with E-state index in [1.807, 2.05) is 0 Å². The first-order valence-corrected chi connectivity index (χ1v) is 4.39. The van der Waals surface area contributed by atoms with Crippen LogP contribution in [0, 0.1) is 0 Å². The quantitative estimate of drug-likeness (QED) is 0.478. The number of ketones is 1. The van der Waals surface area contributed by atoms with Gasteiger partial charge in [-0.3, -0.25) is 9.59 Å². The molecule has 0 rings (SSSR count). The van der Waals surface area contributed by atoms with Gasteiger partial charge < -0.3 is 9.47 Å². The Kier molecular flexibility index (Phi) is 5.52. The molecule has 0 aliphatic heterocycles. The lowest BCUT2D eigenvalue weighted by Gasteiger charge is -2.13. The molecule has 0 aromatic heterocycles. The Morgan fingerprint density at radius 3 is 2.14 bits per heavy atom. The van der Waals surface area contributed by atoms with Crippen LogP contribution >= 0.6 is 0 Å². The van der Waals surface area contributed by atoms with E-state index < -0.39 is 23.8 Å². The van der Waals surface area contributed by atoms with Crippen molar-refractivity contribution >= 4 is 17.7 Å². The zero-order valence-corrected chi connectivity index (χ0v) is 8.53. The molecule has 80 valence electrons. The molecular weight excluding hydrogens is 188 g/mol. The van der Waals surface area contributed by atoms with E-state index in [9.17, 15) is 14.4 Å². The number of carbonyl (C=O) groups excluding carboxylic acids is 3. The topological polar surface area (TPSA) is 69.7 Å². The van der Waals surface area contributed by atoms with Gasteiger partial charge in [0.2, 0.25) is 0 Å². The molecule has 0 amide bonds. The van der Waals surface area contributed by atoms with Crippen molar-refractivity contribution in [3.63, 3.8) is 0 Å². The number of esters is 2. The first kappa shape index (κ1) is 12.6. The summed E-state index contributed by atoms with van der Waals surface area (Å²) in [6.07, 6.45) is -1.28. The highest BCUT2D eigenvalue weighted by atomic mass is 16.6. The second-order valence-electron chi connectivity index (χ2n) is 2.56. The average Bonchev–Trinajstić information content (AvgIpc) is 2.13. The van der Waals surface area contributed by atoms with Gasteiger partial charge in [0.1, 0.15) is 0 Å². The molecular formula is C9H14O5. The molecule has 0 aromatic rings. The highest BCUT2D eigenvalue weighted by Crippen LogP contribution is 2.01. The summed E-state index contributed by atoms with van der Waals surface area (Å²) in [5, 5.41) is 0. The summed E-state index contributed by atoms with van der Waals surface area (Å²) in [4.78, 5) is 32.9. The standard InChI is InChI=1S/C9H14O5/c1-4-7(11)8(14-6(3)10)9(12)13-5-2/h8H,4-5H2,1-3H3. The highest BCUT2D eigenvalue weighted by molar-refractivity contribution is 6.03. The lowest BCUT2D eigenvalue weighted by molar-refractivity contribution is -0.169. The molecule has 1 unspecified atom stereocenters. The van der Waals surface area contributed by atoms with E-state index in [0.29, 0.717) is 0 Å². The smallest absolute Gasteiger partial charge is 0.355 e. The molecule has 0 aliphatic rings. The van der Waals surface area contributed by atoms with E-state index in [2.05, 4.69) is 9.47 Å². The summed E-state index contributed by atoms with van der Waals surface area (Å²) < 4.78 is 9.15. The molecule has 1 atom stereocenters. The number of Topliss-reactive ketones (excluding diaryl/α,β-unsaturated/α-hetero) is 1. The van der Waals surface area contributed by atoms with Gasteiger partial charge in [-0.05, 0) is 6.92 Å². The van der Waals surface area contributed by atoms with Crippen molar-refractivity contribution in [2.75, 3.05) is 6.61 Å². The third-order valence-corrected chi connectivity index (χ3v) is 1.43. The van der Waals surface area contributed by atoms with Crippen LogP contribution in [0.25, 0.3) is 0 Å². The lowest BCUT2D eigenvalue weighted by atomic mass is 10.2. The summed E-state index contributed by atoms with van der Waals surface area (Å²) in [5.41, 5.74) is 0. The summed E-state index contributed by atoms with van der Waals surface area (Å²) in [6.45, 7) is 4.47. The summed E-state index contributed by atoms with van der Waals surface area (Å²) >= 11 is 0. The SMILES string of the molecule is CCOC(=O)C(OC(C)=O)C(=O)CC. The Balaban J connectivity index is 4.45. The molecule has 5 heteroatoms. The van der Waals surface area contributed by atoms with Crippen LogP contribution < -0.4 is 0 Å². The van der Waals surface area contributed by atoms with E-state index >= 15 is 0 Å². The fraction of sp³-hybridized carbons (Fsp3) is 0.667. The van der Waals surface area contributed by atoms with Crippen molar-refractivity contribution in [2.24, 2.45) is 0 Å². The Bertz CT molecular complexity index is 233. The molecule has 0 saturated carbocycles. The van der Waals surface area contributed by atoms with E-state index in [-0.39, 0.29) is 13.0 Å². The van der Waals surface area contributed by atoms with Gasteiger partial charge in [-0.1, -0.05) is 6.92 Å². The van der Waals surface area contributed by atoms with Crippen molar-refractivity contribution in [3.05, 3.63) is 0 Å². The van der Waals surface area contributed by atoms with Gasteiger partial charge in [-0.25, -0.2) is 4.79 Å². The van der Waals surface area contributed by atoms with Crippen LogP contribution in [-0.2, 0) is 23.9 Å². The van der Waals surface area contributed by atoms with Crippen molar-refractivity contribution < 1.29 is 23.9 Å². The van der Waals surface area contributed by atoms with E-state index in [1.54, 1.807) is 13.8 Å². The van der Waals surface area contributed by atoms with Crippen LogP contribution in [0.2, 0.25) is 0 Å². The Morgan fingerprint density at radius 1 is 1.21 bits per heavy atom. The Hall–Kier alpha value is -1.39. The van der Waals surface area contributed by atoms with Gasteiger partial charge in [-0.2, -0.15) is 0 Å². The fourth-order valence-corrected chi connectivity index (χ4v) is 0.815. The fourth-order valence-electron chi connectivity index (χ4n) is 0.815. The molecule has 14 heavy (non-hydrogen) atoms. The van der Waals surface area contributed by atoms with Crippen LogP contribution in [0.3, 0.4) is 0 Å². The number of ether oxygens (including phenoxy) is 2. The molecule has 0 spiro atoms. The van der Waals surface area contributed by atoms with Crippen LogP contribution in [0.4, 0.5) is 0 Å². The minimum Gasteiger partial charge on any atom is -0.463 e. The van der Waals surface area contributed by atoms with E-state index in [0.717, 1.165) is 6.92 Å². The van der Waals surface area contributed by atoms with E-state index in [4.69, 9.17) is 0 Å². The molecule has 0 aromatic carbocycles. The van der Waals surface area contributed by atoms with Gasteiger partial charge in [0.15, 0.2) is 5.78 Å². The number of hydrogen-bond donors (Lipinski definition) is 0. The number of rotatable bonds is 5. The molecule has 0 N–H and O–H groups in total. The van der Waals surface area contributed by atoms with Gasteiger partial charge in [0.25, 0.3) is 6.10 Å².